The van der Waals surface area contributed by atoms with Gasteiger partial charge in [-0.15, -0.1) is 0 Å². The zero-order chi connectivity index (χ0) is 46.2. The number of benzene rings is 2. The van der Waals surface area contributed by atoms with E-state index < -0.39 is 0 Å². The Balaban J connectivity index is 0.000000333. The van der Waals surface area contributed by atoms with Crippen molar-refractivity contribution >= 4 is 0 Å². The van der Waals surface area contributed by atoms with Crippen LogP contribution in [0.5, 0.6) is 23.0 Å². The van der Waals surface area contributed by atoms with Crippen LogP contribution in [0, 0.1) is 56.3 Å². The molecule has 0 radical (unpaired) electrons. The Kier molecular flexibility index (Phi) is 22.6. The second-order valence-corrected chi connectivity index (χ2v) is 23.0. The average molecular weight is 861 g/mol. The number of rotatable bonds is 25. The molecular formula is C58H100O4. The summed E-state index contributed by atoms with van der Waals surface area (Å²) in [5.41, 5.74) is 6.53. The summed E-state index contributed by atoms with van der Waals surface area (Å²) in [6.07, 6.45) is 28.1. The van der Waals surface area contributed by atoms with Gasteiger partial charge in [0.15, 0.2) is 0 Å². The van der Waals surface area contributed by atoms with Gasteiger partial charge in [0.1, 0.15) is 34.2 Å². The molecule has 2 aliphatic rings. The zero-order valence-corrected chi connectivity index (χ0v) is 43.5. The molecule has 0 aliphatic carbocycles. The number of phenols is 2. The van der Waals surface area contributed by atoms with Crippen molar-refractivity contribution in [3.63, 3.8) is 0 Å². The summed E-state index contributed by atoms with van der Waals surface area (Å²) in [7, 11) is 0. The first-order valence-corrected chi connectivity index (χ1v) is 26.2. The fourth-order valence-electron chi connectivity index (χ4n) is 10.7. The van der Waals surface area contributed by atoms with E-state index in [2.05, 4.69) is 96.9 Å². The van der Waals surface area contributed by atoms with Crippen LogP contribution in [0.25, 0.3) is 0 Å². The van der Waals surface area contributed by atoms with Gasteiger partial charge >= 0.3 is 0 Å². The largest absolute Gasteiger partial charge is 0.508 e. The van der Waals surface area contributed by atoms with E-state index in [-0.39, 0.29) is 11.2 Å². The highest BCUT2D eigenvalue weighted by atomic mass is 16.5. The summed E-state index contributed by atoms with van der Waals surface area (Å²) in [6.45, 7) is 34.2. The van der Waals surface area contributed by atoms with Crippen molar-refractivity contribution in [3.05, 3.63) is 45.5 Å². The van der Waals surface area contributed by atoms with Gasteiger partial charge in [-0.1, -0.05) is 159 Å². The minimum Gasteiger partial charge on any atom is -0.508 e. The molecule has 2 aromatic rings. The SMILES string of the molecule is Cc1c(O)c(C(C)C)c(C)c2c1CCC(C)(CCCC(C)CCCC(C)CCCC(C)C)O2.Cc1cc(O)cc2c1OC(C)(CCCC(C)CCCC(C)CCCC(C)C)CC2. The standard InChI is InChI=1S/C31H54O2.C27H46O2/c1-21(2)13-10-14-23(5)15-11-16-24(6)17-12-19-31(9)20-18-27-25(7)29(32)28(22(3)4)26(8)30(27)33-31;1-20(2)10-7-11-21(3)12-8-13-22(4)14-9-16-27(6)17-15-24-19-25(28)18-23(5)26(24)29-27/h21-24,32H,10-20H2,1-9H3;18-22,28H,7-17H2,1-6H3. The molecule has 4 heteroatoms. The first-order valence-electron chi connectivity index (χ1n) is 26.2. The molecule has 2 aliphatic heterocycles. The molecule has 2 heterocycles. The van der Waals surface area contributed by atoms with Gasteiger partial charge in [-0.05, 0) is 162 Å². The third kappa shape index (κ3) is 17.9. The minimum absolute atomic E-state index is 0.0562. The quantitative estimate of drug-likeness (QED) is 0.104. The smallest absolute Gasteiger partial charge is 0.127 e. The lowest BCUT2D eigenvalue weighted by atomic mass is 9.82. The average Bonchev–Trinajstić information content (AvgIpc) is 3.17. The molecule has 0 spiro atoms. The normalized spacial score (nSPS) is 20.5. The van der Waals surface area contributed by atoms with Crippen LogP contribution in [-0.2, 0) is 12.8 Å². The van der Waals surface area contributed by atoms with Crippen LogP contribution in [-0.4, -0.2) is 21.4 Å². The third-order valence-corrected chi connectivity index (χ3v) is 15.1. The predicted octanol–water partition coefficient (Wildman–Crippen LogP) is 17.9. The Labute approximate surface area is 384 Å². The Bertz CT molecular complexity index is 1610. The van der Waals surface area contributed by atoms with E-state index in [1.807, 2.05) is 19.1 Å². The monoisotopic (exact) mass is 861 g/mol. The first kappa shape index (κ1) is 54.0. The number of aryl methyl sites for hydroxylation is 2. The molecule has 0 aromatic heterocycles. The highest BCUT2D eigenvalue weighted by Crippen LogP contribution is 2.47. The topological polar surface area (TPSA) is 58.9 Å². The van der Waals surface area contributed by atoms with E-state index in [4.69, 9.17) is 9.47 Å². The molecule has 62 heavy (non-hydrogen) atoms. The summed E-state index contributed by atoms with van der Waals surface area (Å²) in [6, 6.07) is 3.68. The van der Waals surface area contributed by atoms with Crippen molar-refractivity contribution in [2.24, 2.45) is 35.5 Å². The highest BCUT2D eigenvalue weighted by molar-refractivity contribution is 5.59. The van der Waals surface area contributed by atoms with Crippen LogP contribution in [0.3, 0.4) is 0 Å². The third-order valence-electron chi connectivity index (χ3n) is 15.1. The molecule has 6 unspecified atom stereocenters. The Morgan fingerprint density at radius 2 is 0.919 bits per heavy atom. The van der Waals surface area contributed by atoms with Crippen molar-refractivity contribution < 1.29 is 19.7 Å². The van der Waals surface area contributed by atoms with Crippen molar-refractivity contribution in [2.75, 3.05) is 0 Å². The van der Waals surface area contributed by atoms with Crippen molar-refractivity contribution in [1.29, 1.82) is 0 Å². The van der Waals surface area contributed by atoms with Crippen molar-refractivity contribution in [1.82, 2.24) is 0 Å². The molecule has 0 fully saturated rings. The number of hydrogen-bond acceptors (Lipinski definition) is 4. The molecule has 4 nitrogen and oxygen atoms in total. The van der Waals surface area contributed by atoms with Crippen LogP contribution in [0.1, 0.15) is 251 Å². The van der Waals surface area contributed by atoms with Gasteiger partial charge in [0, 0.05) is 11.1 Å². The van der Waals surface area contributed by atoms with Crippen LogP contribution in [0.4, 0.5) is 0 Å². The number of fused-ring (bicyclic) bond motifs is 2. The second kappa shape index (κ2) is 26.0. The number of phenolic OH excluding ortho intramolecular Hbond substituents is 2. The molecule has 2 aromatic carbocycles. The van der Waals surface area contributed by atoms with E-state index in [0.29, 0.717) is 17.4 Å². The van der Waals surface area contributed by atoms with Crippen molar-refractivity contribution in [3.8, 4) is 23.0 Å². The highest BCUT2D eigenvalue weighted by Gasteiger charge is 2.35. The van der Waals surface area contributed by atoms with Crippen LogP contribution in [0.15, 0.2) is 12.1 Å². The number of ether oxygens (including phenoxy) is 2. The van der Waals surface area contributed by atoms with E-state index in [0.717, 1.165) is 113 Å². The molecule has 2 N–H and O–H groups in total. The zero-order valence-electron chi connectivity index (χ0n) is 43.5. The van der Waals surface area contributed by atoms with E-state index in [1.165, 1.54) is 108 Å². The van der Waals surface area contributed by atoms with Gasteiger partial charge in [-0.2, -0.15) is 0 Å². The molecule has 0 amide bonds. The maximum Gasteiger partial charge on any atom is 0.127 e. The Morgan fingerprint density at radius 3 is 1.35 bits per heavy atom. The van der Waals surface area contributed by atoms with Gasteiger partial charge < -0.3 is 19.7 Å². The van der Waals surface area contributed by atoms with Gasteiger partial charge in [0.25, 0.3) is 0 Å². The lowest BCUT2D eigenvalue weighted by Crippen LogP contribution is -2.37. The molecule has 4 rings (SSSR count). The number of aromatic hydroxyl groups is 2. The van der Waals surface area contributed by atoms with Gasteiger partial charge in [-0.25, -0.2) is 0 Å². The molecule has 0 saturated heterocycles. The molecule has 6 atom stereocenters. The molecule has 356 valence electrons. The summed E-state index contributed by atoms with van der Waals surface area (Å²) in [5, 5.41) is 20.6. The Hall–Kier alpha value is -2.36. The first-order chi connectivity index (χ1) is 29.1. The maximum atomic E-state index is 10.8. The lowest BCUT2D eigenvalue weighted by Gasteiger charge is -2.38. The van der Waals surface area contributed by atoms with Gasteiger partial charge in [-0.3, -0.25) is 0 Å². The van der Waals surface area contributed by atoms with Gasteiger partial charge in [0.2, 0.25) is 0 Å². The van der Waals surface area contributed by atoms with Gasteiger partial charge in [0.05, 0.1) is 0 Å². The maximum absolute atomic E-state index is 10.8. The van der Waals surface area contributed by atoms with Crippen LogP contribution < -0.4 is 9.47 Å². The van der Waals surface area contributed by atoms with Crippen LogP contribution >= 0.6 is 0 Å². The Morgan fingerprint density at radius 1 is 0.516 bits per heavy atom. The van der Waals surface area contributed by atoms with E-state index in [1.54, 1.807) is 0 Å². The number of hydrogen-bond donors (Lipinski definition) is 2. The van der Waals surface area contributed by atoms with Crippen molar-refractivity contribution in [2.45, 2.75) is 262 Å². The summed E-state index contributed by atoms with van der Waals surface area (Å²) >= 11 is 0. The summed E-state index contributed by atoms with van der Waals surface area (Å²) in [5.74, 6) is 8.29. The van der Waals surface area contributed by atoms with Crippen LogP contribution in [0.2, 0.25) is 0 Å². The lowest BCUT2D eigenvalue weighted by molar-refractivity contribution is 0.0509. The predicted molar refractivity (Wildman–Crippen MR) is 269 cm³/mol. The summed E-state index contributed by atoms with van der Waals surface area (Å²) < 4.78 is 13.2. The summed E-state index contributed by atoms with van der Waals surface area (Å²) in [4.78, 5) is 0. The second-order valence-electron chi connectivity index (χ2n) is 23.0. The fraction of sp³-hybridized carbons (Fsp3) is 0.793. The molecular weight excluding hydrogens is 761 g/mol. The minimum atomic E-state index is -0.0833. The van der Waals surface area contributed by atoms with E-state index in [9.17, 15) is 10.2 Å². The van der Waals surface area contributed by atoms with E-state index >= 15 is 0 Å². The molecule has 0 bridgehead atoms. The fourth-order valence-corrected chi connectivity index (χ4v) is 10.7. The molecule has 0 saturated carbocycles.